The van der Waals surface area contributed by atoms with Crippen molar-refractivity contribution in [2.75, 3.05) is 13.1 Å². The van der Waals surface area contributed by atoms with Gasteiger partial charge in [0.15, 0.2) is 0 Å². The van der Waals surface area contributed by atoms with Crippen molar-refractivity contribution in [2.45, 2.75) is 46.6 Å². The van der Waals surface area contributed by atoms with Crippen LogP contribution in [-0.4, -0.2) is 29.9 Å². The molecule has 0 saturated heterocycles. The highest BCUT2D eigenvalue weighted by Gasteiger charge is 2.25. The topological polar surface area (TPSA) is 70.1 Å². The van der Waals surface area contributed by atoms with Crippen LogP contribution in [0.2, 0.25) is 0 Å². The van der Waals surface area contributed by atoms with Crippen molar-refractivity contribution < 1.29 is 4.79 Å². The van der Waals surface area contributed by atoms with Crippen LogP contribution in [-0.2, 0) is 4.79 Å². The Kier molecular flexibility index (Phi) is 7.56. The monoisotopic (exact) mass is 239 g/mol. The maximum atomic E-state index is 12.2. The molecule has 0 bridgehead atoms. The number of hydrogen-bond donors (Lipinski definition) is 1. The summed E-state index contributed by atoms with van der Waals surface area (Å²) in [6.07, 6.45) is 1.26. The molecule has 0 radical (unpaired) electrons. The Morgan fingerprint density at radius 1 is 1.41 bits per heavy atom. The molecule has 98 valence electrons. The smallest absolute Gasteiger partial charge is 0.239 e. The average molecular weight is 239 g/mol. The quantitative estimate of drug-likeness (QED) is 0.736. The average Bonchev–Trinajstić information content (AvgIpc) is 2.31. The second kappa shape index (κ2) is 8.08. The molecule has 0 saturated carbocycles. The Bertz CT molecular complexity index is 270. The summed E-state index contributed by atoms with van der Waals surface area (Å²) in [4.78, 5) is 13.9. The van der Waals surface area contributed by atoms with E-state index < -0.39 is 6.04 Å². The molecular formula is C13H25N3O. The van der Waals surface area contributed by atoms with Crippen LogP contribution in [0.1, 0.15) is 40.5 Å². The Labute approximate surface area is 105 Å². The minimum absolute atomic E-state index is 0.0247. The Morgan fingerprint density at radius 2 is 2.00 bits per heavy atom. The van der Waals surface area contributed by atoms with Crippen LogP contribution >= 0.6 is 0 Å². The van der Waals surface area contributed by atoms with Gasteiger partial charge in [-0.05, 0) is 11.8 Å². The molecule has 0 aliphatic heterocycles. The molecule has 2 atom stereocenters. The van der Waals surface area contributed by atoms with Crippen molar-refractivity contribution in [1.29, 1.82) is 5.26 Å². The first-order valence-corrected chi connectivity index (χ1v) is 6.35. The van der Waals surface area contributed by atoms with E-state index in [0.717, 1.165) is 6.42 Å². The van der Waals surface area contributed by atoms with E-state index in [1.807, 2.05) is 13.8 Å². The summed E-state index contributed by atoms with van der Waals surface area (Å²) in [5.41, 5.74) is 5.95. The first kappa shape index (κ1) is 15.9. The first-order valence-electron chi connectivity index (χ1n) is 6.35. The number of nitrogens with zero attached hydrogens (tertiary/aromatic N) is 2. The lowest BCUT2D eigenvalue weighted by molar-refractivity contribution is -0.134. The summed E-state index contributed by atoms with van der Waals surface area (Å²) < 4.78 is 0. The van der Waals surface area contributed by atoms with E-state index in [1.165, 1.54) is 0 Å². The van der Waals surface area contributed by atoms with Crippen LogP contribution in [0.3, 0.4) is 0 Å². The summed E-state index contributed by atoms with van der Waals surface area (Å²) >= 11 is 0. The number of nitrogens with two attached hydrogens (primary N) is 1. The molecule has 2 N–H and O–H groups in total. The fraction of sp³-hybridized carbons (Fsp3) is 0.846. The van der Waals surface area contributed by atoms with Crippen LogP contribution in [0, 0.1) is 23.2 Å². The summed E-state index contributed by atoms with van der Waals surface area (Å²) in [6.45, 7) is 9.28. The minimum atomic E-state index is -0.447. The van der Waals surface area contributed by atoms with Crippen LogP contribution in [0.15, 0.2) is 0 Å². The van der Waals surface area contributed by atoms with Gasteiger partial charge in [0, 0.05) is 13.1 Å². The van der Waals surface area contributed by atoms with Gasteiger partial charge in [0.2, 0.25) is 5.91 Å². The lowest BCUT2D eigenvalue weighted by Crippen LogP contribution is -2.48. The third-order valence-corrected chi connectivity index (χ3v) is 2.93. The first-order chi connectivity index (χ1) is 7.93. The van der Waals surface area contributed by atoms with Gasteiger partial charge in [0.05, 0.1) is 18.5 Å². The minimum Gasteiger partial charge on any atom is -0.340 e. The van der Waals surface area contributed by atoms with E-state index in [-0.39, 0.29) is 11.8 Å². The summed E-state index contributed by atoms with van der Waals surface area (Å²) in [5.74, 6) is 0.546. The SMILES string of the molecule is CC[C@H](C)[C@H](N)C(=O)N(CCC#N)CC(C)C. The molecule has 4 heteroatoms. The number of amides is 1. The molecule has 0 heterocycles. The molecule has 0 aromatic carbocycles. The van der Waals surface area contributed by atoms with Gasteiger partial charge >= 0.3 is 0 Å². The van der Waals surface area contributed by atoms with Gasteiger partial charge in [0.1, 0.15) is 0 Å². The molecule has 4 nitrogen and oxygen atoms in total. The van der Waals surface area contributed by atoms with Gasteiger partial charge in [-0.15, -0.1) is 0 Å². The summed E-state index contributed by atoms with van der Waals surface area (Å²) in [5, 5.41) is 8.61. The van der Waals surface area contributed by atoms with Gasteiger partial charge in [-0.3, -0.25) is 4.79 Å². The third kappa shape index (κ3) is 5.69. The van der Waals surface area contributed by atoms with Crippen molar-refractivity contribution in [3.8, 4) is 6.07 Å². The van der Waals surface area contributed by atoms with Crippen LogP contribution in [0.25, 0.3) is 0 Å². The van der Waals surface area contributed by atoms with E-state index in [1.54, 1.807) is 4.90 Å². The molecule has 0 aromatic rings. The molecule has 0 aliphatic rings. The van der Waals surface area contributed by atoms with Gasteiger partial charge in [0.25, 0.3) is 0 Å². The van der Waals surface area contributed by atoms with E-state index in [2.05, 4.69) is 19.9 Å². The highest BCUT2D eigenvalue weighted by atomic mass is 16.2. The van der Waals surface area contributed by atoms with Gasteiger partial charge in [-0.25, -0.2) is 0 Å². The second-order valence-electron chi connectivity index (χ2n) is 5.00. The van der Waals surface area contributed by atoms with Gasteiger partial charge < -0.3 is 10.6 Å². The highest BCUT2D eigenvalue weighted by molar-refractivity contribution is 5.82. The van der Waals surface area contributed by atoms with Gasteiger partial charge in [-0.1, -0.05) is 34.1 Å². The van der Waals surface area contributed by atoms with Crippen molar-refractivity contribution in [1.82, 2.24) is 4.90 Å². The predicted molar refractivity (Wildman–Crippen MR) is 69.1 cm³/mol. The molecule has 0 aliphatic carbocycles. The van der Waals surface area contributed by atoms with Crippen LogP contribution in [0.4, 0.5) is 0 Å². The fourth-order valence-electron chi connectivity index (χ4n) is 1.63. The van der Waals surface area contributed by atoms with Crippen LogP contribution in [0.5, 0.6) is 0 Å². The fourth-order valence-corrected chi connectivity index (χ4v) is 1.63. The van der Waals surface area contributed by atoms with E-state index in [0.29, 0.717) is 25.4 Å². The third-order valence-electron chi connectivity index (χ3n) is 2.93. The zero-order chi connectivity index (χ0) is 13.4. The van der Waals surface area contributed by atoms with E-state index in [4.69, 9.17) is 11.0 Å². The van der Waals surface area contributed by atoms with Crippen molar-refractivity contribution in [3.63, 3.8) is 0 Å². The van der Waals surface area contributed by atoms with Gasteiger partial charge in [-0.2, -0.15) is 5.26 Å². The number of carbonyl (C=O) groups is 1. The molecule has 0 spiro atoms. The van der Waals surface area contributed by atoms with Crippen LogP contribution < -0.4 is 5.73 Å². The number of hydrogen-bond acceptors (Lipinski definition) is 3. The van der Waals surface area contributed by atoms with Crippen molar-refractivity contribution in [3.05, 3.63) is 0 Å². The maximum absolute atomic E-state index is 12.2. The zero-order valence-electron chi connectivity index (χ0n) is 11.4. The van der Waals surface area contributed by atoms with Crippen molar-refractivity contribution in [2.24, 2.45) is 17.6 Å². The Morgan fingerprint density at radius 3 is 2.41 bits per heavy atom. The van der Waals surface area contributed by atoms with E-state index in [9.17, 15) is 4.79 Å². The highest BCUT2D eigenvalue weighted by Crippen LogP contribution is 2.10. The maximum Gasteiger partial charge on any atom is 0.239 e. The molecule has 0 aromatic heterocycles. The number of rotatable bonds is 7. The summed E-state index contributed by atoms with van der Waals surface area (Å²) in [6, 6.07) is 1.63. The van der Waals surface area contributed by atoms with E-state index >= 15 is 0 Å². The number of nitriles is 1. The lowest BCUT2D eigenvalue weighted by Gasteiger charge is -2.28. The normalized spacial score (nSPS) is 14.2. The Hall–Kier alpha value is -1.08. The molecule has 1 amide bonds. The standard InChI is InChI=1S/C13H25N3O/c1-5-11(4)12(15)13(17)16(8-6-7-14)9-10(2)3/h10-12H,5-6,8-9,15H2,1-4H3/t11-,12-/m0/s1. The largest absolute Gasteiger partial charge is 0.340 e. The molecule has 17 heavy (non-hydrogen) atoms. The second-order valence-corrected chi connectivity index (χ2v) is 5.00. The van der Waals surface area contributed by atoms with Crippen molar-refractivity contribution >= 4 is 5.91 Å². The lowest BCUT2D eigenvalue weighted by atomic mass is 9.98. The zero-order valence-corrected chi connectivity index (χ0v) is 11.4. The Balaban J connectivity index is 4.56. The summed E-state index contributed by atoms with van der Waals surface area (Å²) in [7, 11) is 0. The molecule has 0 rings (SSSR count). The molecular weight excluding hydrogens is 214 g/mol. The molecule has 0 fully saturated rings. The number of carbonyl (C=O) groups excluding carboxylic acids is 1. The molecule has 0 unspecified atom stereocenters. The predicted octanol–water partition coefficient (Wildman–Crippen LogP) is 1.76.